The van der Waals surface area contributed by atoms with Gasteiger partial charge in [0.05, 0.1) is 17.1 Å². The first kappa shape index (κ1) is 16.6. The van der Waals surface area contributed by atoms with Crippen molar-refractivity contribution in [3.05, 3.63) is 49.1 Å². The van der Waals surface area contributed by atoms with Gasteiger partial charge in [0.15, 0.2) is 23.0 Å². The van der Waals surface area contributed by atoms with E-state index in [1.807, 2.05) is 0 Å². The molecule has 7 nitrogen and oxygen atoms in total. The Kier molecular flexibility index (Phi) is 4.12. The van der Waals surface area contributed by atoms with Crippen LogP contribution in [0.4, 0.5) is 5.69 Å². The molecule has 0 aromatic heterocycles. The summed E-state index contributed by atoms with van der Waals surface area (Å²) in [5.74, 6) is 2.05. The lowest BCUT2D eigenvalue weighted by molar-refractivity contribution is 0.171. The molecule has 0 saturated carbocycles. The summed E-state index contributed by atoms with van der Waals surface area (Å²) >= 11 is 0. The number of rotatable bonds is 5. The normalized spacial score (nSPS) is 14.8. The molecule has 136 valence electrons. The third kappa shape index (κ3) is 2.82. The summed E-state index contributed by atoms with van der Waals surface area (Å²) in [7, 11) is -3.84. The van der Waals surface area contributed by atoms with Crippen molar-refractivity contribution in [3.63, 3.8) is 0 Å². The molecular formula is C18H17NO6S. The van der Waals surface area contributed by atoms with Gasteiger partial charge in [-0.15, -0.1) is 6.58 Å². The molecule has 0 bridgehead atoms. The van der Waals surface area contributed by atoms with E-state index >= 15 is 0 Å². The highest BCUT2D eigenvalue weighted by Gasteiger charge is 2.27. The van der Waals surface area contributed by atoms with Crippen molar-refractivity contribution in [2.75, 3.05) is 30.9 Å². The van der Waals surface area contributed by atoms with Gasteiger partial charge in [-0.05, 0) is 24.3 Å². The Labute approximate surface area is 151 Å². The van der Waals surface area contributed by atoms with Crippen molar-refractivity contribution >= 4 is 15.7 Å². The fraction of sp³-hybridized carbons (Fsp3) is 0.222. The van der Waals surface area contributed by atoms with Gasteiger partial charge in [-0.25, -0.2) is 8.42 Å². The van der Waals surface area contributed by atoms with Crippen molar-refractivity contribution in [1.82, 2.24) is 0 Å². The minimum atomic E-state index is -3.84. The van der Waals surface area contributed by atoms with Gasteiger partial charge in [-0.1, -0.05) is 6.08 Å². The van der Waals surface area contributed by atoms with Crippen LogP contribution in [0.15, 0.2) is 53.9 Å². The predicted molar refractivity (Wildman–Crippen MR) is 94.7 cm³/mol. The second-order valence-electron chi connectivity index (χ2n) is 5.67. The maximum absolute atomic E-state index is 13.2. The lowest BCUT2D eigenvalue weighted by atomic mass is 10.3. The van der Waals surface area contributed by atoms with Crippen LogP contribution < -0.4 is 23.3 Å². The predicted octanol–water partition coefficient (Wildman–Crippen LogP) is 2.57. The molecule has 2 aliphatic heterocycles. The van der Waals surface area contributed by atoms with E-state index < -0.39 is 10.0 Å². The molecule has 8 heteroatoms. The first-order chi connectivity index (χ1) is 12.6. The molecule has 4 rings (SSSR count). The molecule has 26 heavy (non-hydrogen) atoms. The fourth-order valence-electron chi connectivity index (χ4n) is 2.81. The van der Waals surface area contributed by atoms with Gasteiger partial charge in [-0.2, -0.15) is 0 Å². The second-order valence-corrected chi connectivity index (χ2v) is 7.53. The van der Waals surface area contributed by atoms with Crippen LogP contribution >= 0.6 is 0 Å². The molecule has 0 atom stereocenters. The number of hydrogen-bond acceptors (Lipinski definition) is 6. The zero-order valence-electron chi connectivity index (χ0n) is 13.9. The molecule has 0 amide bonds. The van der Waals surface area contributed by atoms with Crippen LogP contribution in [0, 0.1) is 0 Å². The third-order valence-electron chi connectivity index (χ3n) is 4.04. The SMILES string of the molecule is C=CCN(c1ccc2c(c1)OCO2)S(=O)(=O)c1ccc2c(c1)OCCO2. The molecule has 2 aromatic rings. The molecular weight excluding hydrogens is 358 g/mol. The number of fused-ring (bicyclic) bond motifs is 2. The van der Waals surface area contributed by atoms with Gasteiger partial charge < -0.3 is 18.9 Å². The van der Waals surface area contributed by atoms with Crippen LogP contribution in [-0.4, -0.2) is 35.0 Å². The average Bonchev–Trinajstić information content (AvgIpc) is 3.13. The minimum absolute atomic E-state index is 0.108. The van der Waals surface area contributed by atoms with Gasteiger partial charge in [0, 0.05) is 12.1 Å². The molecule has 0 saturated heterocycles. The Bertz CT molecular complexity index is 956. The summed E-state index contributed by atoms with van der Waals surface area (Å²) in [6.45, 7) is 4.72. The van der Waals surface area contributed by atoms with Crippen molar-refractivity contribution in [1.29, 1.82) is 0 Å². The van der Waals surface area contributed by atoms with E-state index in [9.17, 15) is 8.42 Å². The van der Waals surface area contributed by atoms with Crippen LogP contribution in [-0.2, 0) is 10.0 Å². The van der Waals surface area contributed by atoms with Crippen LogP contribution in [0.25, 0.3) is 0 Å². The Morgan fingerprint density at radius 3 is 2.38 bits per heavy atom. The third-order valence-corrected chi connectivity index (χ3v) is 5.83. The monoisotopic (exact) mass is 375 g/mol. The van der Waals surface area contributed by atoms with E-state index in [2.05, 4.69) is 6.58 Å². The maximum Gasteiger partial charge on any atom is 0.264 e. The van der Waals surface area contributed by atoms with Crippen molar-refractivity contribution < 1.29 is 27.4 Å². The first-order valence-corrected chi connectivity index (χ1v) is 9.46. The van der Waals surface area contributed by atoms with Crippen LogP contribution in [0.5, 0.6) is 23.0 Å². The summed E-state index contributed by atoms with van der Waals surface area (Å²) in [4.78, 5) is 0.112. The van der Waals surface area contributed by atoms with E-state index in [1.165, 1.54) is 22.5 Å². The second kappa shape index (κ2) is 6.45. The number of sulfonamides is 1. The molecule has 0 N–H and O–H groups in total. The average molecular weight is 375 g/mol. The van der Waals surface area contributed by atoms with E-state index in [-0.39, 0.29) is 18.2 Å². The standard InChI is InChI=1S/C18H17NO6S/c1-2-7-19(13-3-5-16-17(10-13)25-12-24-16)26(20,21)14-4-6-15-18(11-14)23-9-8-22-15/h2-6,10-11H,1,7-9,12H2. The number of nitrogens with zero attached hydrogens (tertiary/aromatic N) is 1. The van der Waals surface area contributed by atoms with Gasteiger partial charge in [0.1, 0.15) is 13.2 Å². The minimum Gasteiger partial charge on any atom is -0.486 e. The zero-order chi connectivity index (χ0) is 18.1. The Hall–Kier alpha value is -2.87. The van der Waals surface area contributed by atoms with Gasteiger partial charge >= 0.3 is 0 Å². The highest BCUT2D eigenvalue weighted by molar-refractivity contribution is 7.92. The lowest BCUT2D eigenvalue weighted by Crippen LogP contribution is -2.31. The highest BCUT2D eigenvalue weighted by atomic mass is 32.2. The quantitative estimate of drug-likeness (QED) is 0.748. The molecule has 2 heterocycles. The molecule has 2 aromatic carbocycles. The lowest BCUT2D eigenvalue weighted by Gasteiger charge is -2.24. The van der Waals surface area contributed by atoms with Crippen molar-refractivity contribution in [2.24, 2.45) is 0 Å². The smallest absolute Gasteiger partial charge is 0.264 e. The van der Waals surface area contributed by atoms with Crippen LogP contribution in [0.1, 0.15) is 0 Å². The van der Waals surface area contributed by atoms with Gasteiger partial charge in [0.25, 0.3) is 10.0 Å². The van der Waals surface area contributed by atoms with E-state index in [0.29, 0.717) is 41.9 Å². The molecule has 0 radical (unpaired) electrons. The Morgan fingerprint density at radius 2 is 1.58 bits per heavy atom. The van der Waals surface area contributed by atoms with Gasteiger partial charge in [-0.3, -0.25) is 4.31 Å². The molecule has 0 aliphatic carbocycles. The highest BCUT2D eigenvalue weighted by Crippen LogP contribution is 2.38. The largest absolute Gasteiger partial charge is 0.486 e. The summed E-state index contributed by atoms with van der Waals surface area (Å²) in [5.41, 5.74) is 0.462. The molecule has 2 aliphatic rings. The van der Waals surface area contributed by atoms with Gasteiger partial charge in [0.2, 0.25) is 6.79 Å². The van der Waals surface area contributed by atoms with Crippen molar-refractivity contribution in [2.45, 2.75) is 4.90 Å². The maximum atomic E-state index is 13.2. The topological polar surface area (TPSA) is 74.3 Å². The Balaban J connectivity index is 1.74. The summed E-state index contributed by atoms with van der Waals surface area (Å²) in [5, 5.41) is 0. The molecule has 0 fully saturated rings. The van der Waals surface area contributed by atoms with E-state index in [0.717, 1.165) is 0 Å². The number of benzene rings is 2. The van der Waals surface area contributed by atoms with E-state index in [4.69, 9.17) is 18.9 Å². The fourth-order valence-corrected chi connectivity index (χ4v) is 4.25. The van der Waals surface area contributed by atoms with E-state index in [1.54, 1.807) is 24.3 Å². The van der Waals surface area contributed by atoms with Crippen molar-refractivity contribution in [3.8, 4) is 23.0 Å². The zero-order valence-corrected chi connectivity index (χ0v) is 14.7. The number of anilines is 1. The van der Waals surface area contributed by atoms with Crippen LogP contribution in [0.2, 0.25) is 0 Å². The van der Waals surface area contributed by atoms with Crippen LogP contribution in [0.3, 0.4) is 0 Å². The molecule has 0 spiro atoms. The summed E-state index contributed by atoms with van der Waals surface area (Å²) in [6.07, 6.45) is 1.53. The Morgan fingerprint density at radius 1 is 0.923 bits per heavy atom. The summed E-state index contributed by atoms with van der Waals surface area (Å²) < 4.78 is 49.3. The molecule has 0 unspecified atom stereocenters. The first-order valence-electron chi connectivity index (χ1n) is 8.02. The summed E-state index contributed by atoms with van der Waals surface area (Å²) in [6, 6.07) is 9.59. The number of hydrogen-bond donors (Lipinski definition) is 0. The number of ether oxygens (including phenoxy) is 4.